The van der Waals surface area contributed by atoms with Crippen molar-refractivity contribution in [1.29, 1.82) is 0 Å². The number of fused-ring (bicyclic) bond motifs is 1. The Labute approximate surface area is 96.1 Å². The van der Waals surface area contributed by atoms with Gasteiger partial charge in [-0.2, -0.15) is 0 Å². The van der Waals surface area contributed by atoms with E-state index in [2.05, 4.69) is 0 Å². The van der Waals surface area contributed by atoms with Crippen LogP contribution in [0.1, 0.15) is 45.4 Å². The summed E-state index contributed by atoms with van der Waals surface area (Å²) in [7, 11) is 0. The molecule has 0 N–H and O–H groups in total. The Hall–Kier alpha value is -0.920. The highest BCUT2D eigenvalue weighted by atomic mass is 16.1. The minimum absolute atomic E-state index is 0.0457. The lowest BCUT2D eigenvalue weighted by Crippen LogP contribution is -2.49. The summed E-state index contributed by atoms with van der Waals surface area (Å²) in [6.45, 7) is 1.66. The van der Waals surface area contributed by atoms with E-state index in [1.165, 1.54) is 19.3 Å². The standard InChI is InChI=1S/C14H18O2/c1-9(15)12-7-10-6-11-4-2-3-5-14(11,12)8-13(10)16/h7,10-11H,2-6,8H2,1H3/t10-,11+,14+/m1/s1. The van der Waals surface area contributed by atoms with E-state index in [0.717, 1.165) is 18.4 Å². The van der Waals surface area contributed by atoms with Gasteiger partial charge in [0.25, 0.3) is 0 Å². The van der Waals surface area contributed by atoms with Gasteiger partial charge in [-0.15, -0.1) is 0 Å². The number of hydrogen-bond donors (Lipinski definition) is 0. The van der Waals surface area contributed by atoms with Gasteiger partial charge >= 0.3 is 0 Å². The first-order chi connectivity index (χ1) is 7.63. The molecule has 0 aromatic heterocycles. The maximum Gasteiger partial charge on any atom is 0.156 e. The Morgan fingerprint density at radius 1 is 1.44 bits per heavy atom. The van der Waals surface area contributed by atoms with Crippen LogP contribution in [0.2, 0.25) is 0 Å². The van der Waals surface area contributed by atoms with Gasteiger partial charge in [0.2, 0.25) is 0 Å². The van der Waals surface area contributed by atoms with Gasteiger partial charge in [0.05, 0.1) is 0 Å². The fraction of sp³-hybridized carbons (Fsp3) is 0.714. The lowest BCUT2D eigenvalue weighted by molar-refractivity contribution is -0.132. The maximum absolute atomic E-state index is 11.9. The molecule has 3 atom stereocenters. The normalized spacial score (nSPS) is 41.6. The van der Waals surface area contributed by atoms with Crippen LogP contribution in [0.4, 0.5) is 0 Å². The lowest BCUT2D eigenvalue weighted by atomic mass is 9.50. The van der Waals surface area contributed by atoms with Gasteiger partial charge in [0.1, 0.15) is 5.78 Å². The van der Waals surface area contributed by atoms with Crippen molar-refractivity contribution in [3.8, 4) is 0 Å². The molecular weight excluding hydrogens is 200 g/mol. The summed E-state index contributed by atoms with van der Waals surface area (Å²) in [5, 5.41) is 0. The molecule has 0 heterocycles. The Balaban J connectivity index is 2.10. The molecule has 0 aliphatic heterocycles. The molecule has 4 aliphatic carbocycles. The molecule has 16 heavy (non-hydrogen) atoms. The first-order valence-corrected chi connectivity index (χ1v) is 6.39. The van der Waals surface area contributed by atoms with Gasteiger partial charge < -0.3 is 0 Å². The molecule has 1 spiro atoms. The Bertz CT molecular complexity index is 394. The number of carbonyl (C=O) groups excluding carboxylic acids is 2. The molecule has 0 aromatic rings. The summed E-state index contributed by atoms with van der Waals surface area (Å²) in [6.07, 6.45) is 8.38. The molecule has 2 bridgehead atoms. The lowest BCUT2D eigenvalue weighted by Gasteiger charge is -2.53. The third-order valence-electron chi connectivity index (χ3n) is 4.93. The fourth-order valence-corrected chi connectivity index (χ4v) is 4.21. The smallest absolute Gasteiger partial charge is 0.156 e. The van der Waals surface area contributed by atoms with Crippen molar-refractivity contribution in [2.75, 3.05) is 0 Å². The molecule has 0 radical (unpaired) electrons. The van der Waals surface area contributed by atoms with Crippen LogP contribution in [0.3, 0.4) is 0 Å². The quantitative estimate of drug-likeness (QED) is 0.678. The monoisotopic (exact) mass is 218 g/mol. The number of hydrogen-bond acceptors (Lipinski definition) is 2. The van der Waals surface area contributed by atoms with Crippen LogP contribution in [0, 0.1) is 17.3 Å². The van der Waals surface area contributed by atoms with Crippen molar-refractivity contribution in [2.45, 2.75) is 45.4 Å². The highest BCUT2D eigenvalue weighted by Gasteiger charge is 2.54. The van der Waals surface area contributed by atoms with E-state index < -0.39 is 0 Å². The van der Waals surface area contributed by atoms with Crippen molar-refractivity contribution in [2.24, 2.45) is 17.3 Å². The van der Waals surface area contributed by atoms with E-state index in [-0.39, 0.29) is 17.1 Å². The molecule has 2 saturated carbocycles. The van der Waals surface area contributed by atoms with Crippen LogP contribution in [-0.2, 0) is 9.59 Å². The molecule has 0 saturated heterocycles. The minimum Gasteiger partial charge on any atom is -0.299 e. The maximum atomic E-state index is 11.9. The van der Waals surface area contributed by atoms with Crippen LogP contribution in [-0.4, -0.2) is 11.6 Å². The summed E-state index contributed by atoms with van der Waals surface area (Å²) in [4.78, 5) is 23.7. The second kappa shape index (κ2) is 3.28. The average molecular weight is 218 g/mol. The first kappa shape index (κ1) is 10.2. The minimum atomic E-state index is -0.0457. The molecule has 86 valence electrons. The van der Waals surface area contributed by atoms with Crippen LogP contribution in [0.15, 0.2) is 11.6 Å². The summed E-state index contributed by atoms with van der Waals surface area (Å²) >= 11 is 0. The SMILES string of the molecule is CC(=O)C1=C[C@H]2C[C@@H]3CCCC[C@@]13CC2=O. The van der Waals surface area contributed by atoms with Gasteiger partial charge in [0.15, 0.2) is 5.78 Å². The molecule has 0 aromatic carbocycles. The summed E-state index contributed by atoms with van der Waals surface area (Å²) < 4.78 is 0. The van der Waals surface area contributed by atoms with E-state index in [1.807, 2.05) is 6.08 Å². The van der Waals surface area contributed by atoms with Gasteiger partial charge in [-0.25, -0.2) is 0 Å². The summed E-state index contributed by atoms with van der Waals surface area (Å²) in [5.74, 6) is 1.24. The largest absolute Gasteiger partial charge is 0.299 e. The fourth-order valence-electron chi connectivity index (χ4n) is 4.21. The van der Waals surface area contributed by atoms with Crippen LogP contribution < -0.4 is 0 Å². The van der Waals surface area contributed by atoms with E-state index in [9.17, 15) is 9.59 Å². The summed E-state index contributed by atoms with van der Waals surface area (Å²) in [5.41, 5.74) is 0.948. The van der Waals surface area contributed by atoms with Gasteiger partial charge in [0, 0.05) is 17.8 Å². The highest BCUT2D eigenvalue weighted by Crippen LogP contribution is 2.58. The number of allylic oxidation sites excluding steroid dienone is 2. The molecule has 4 aliphatic rings. The molecule has 0 amide bonds. The van der Waals surface area contributed by atoms with Gasteiger partial charge in [-0.1, -0.05) is 18.9 Å². The zero-order valence-corrected chi connectivity index (χ0v) is 9.79. The number of Topliss-reactive ketones (excluding diaryl/α,β-unsaturated/α-hetero) is 2. The molecular formula is C14H18O2. The molecule has 2 nitrogen and oxygen atoms in total. The highest BCUT2D eigenvalue weighted by molar-refractivity contribution is 6.00. The average Bonchev–Trinajstić information content (AvgIpc) is 2.26. The third-order valence-corrected chi connectivity index (χ3v) is 4.93. The van der Waals surface area contributed by atoms with Gasteiger partial charge in [-0.05, 0) is 37.7 Å². The van der Waals surface area contributed by atoms with Crippen LogP contribution in [0.5, 0.6) is 0 Å². The zero-order chi connectivity index (χ0) is 11.3. The number of carbonyl (C=O) groups is 2. The van der Waals surface area contributed by atoms with Crippen LogP contribution >= 0.6 is 0 Å². The second-order valence-electron chi connectivity index (χ2n) is 5.72. The second-order valence-corrected chi connectivity index (χ2v) is 5.72. The zero-order valence-electron chi connectivity index (χ0n) is 9.79. The van der Waals surface area contributed by atoms with E-state index in [4.69, 9.17) is 0 Å². The predicted molar refractivity (Wildman–Crippen MR) is 60.9 cm³/mol. The third kappa shape index (κ3) is 1.19. The molecule has 0 unspecified atom stereocenters. The predicted octanol–water partition coefficient (Wildman–Crippen LogP) is 2.67. The topological polar surface area (TPSA) is 34.1 Å². The number of ketones is 2. The molecule has 2 fully saturated rings. The van der Waals surface area contributed by atoms with Crippen LogP contribution in [0.25, 0.3) is 0 Å². The summed E-state index contributed by atoms with van der Waals surface area (Å²) in [6, 6.07) is 0. The van der Waals surface area contributed by atoms with E-state index in [1.54, 1.807) is 6.92 Å². The van der Waals surface area contributed by atoms with E-state index in [0.29, 0.717) is 18.1 Å². The van der Waals surface area contributed by atoms with Crippen molar-refractivity contribution >= 4 is 11.6 Å². The van der Waals surface area contributed by atoms with Crippen molar-refractivity contribution in [3.05, 3.63) is 11.6 Å². The Kier molecular flexibility index (Phi) is 2.10. The molecule has 4 rings (SSSR count). The Morgan fingerprint density at radius 2 is 2.25 bits per heavy atom. The van der Waals surface area contributed by atoms with Crippen molar-refractivity contribution < 1.29 is 9.59 Å². The van der Waals surface area contributed by atoms with Gasteiger partial charge in [-0.3, -0.25) is 9.59 Å². The molecule has 2 heteroatoms. The Morgan fingerprint density at radius 3 is 3.00 bits per heavy atom. The number of rotatable bonds is 1. The first-order valence-electron chi connectivity index (χ1n) is 6.39. The van der Waals surface area contributed by atoms with Crippen molar-refractivity contribution in [1.82, 2.24) is 0 Å². The van der Waals surface area contributed by atoms with E-state index >= 15 is 0 Å². The van der Waals surface area contributed by atoms with Crippen molar-refractivity contribution in [3.63, 3.8) is 0 Å².